The Bertz CT molecular complexity index is 456. The molecular weight excluding hydrogens is 288 g/mol. The maximum atomic E-state index is 12.0. The molecule has 0 radical (unpaired) electrons. The third-order valence-corrected chi connectivity index (χ3v) is 4.26. The van der Waals surface area contributed by atoms with Crippen LogP contribution in [0.4, 0.5) is 4.79 Å². The molecule has 5 nitrogen and oxygen atoms in total. The monoisotopic (exact) mass is 312 g/mol. The zero-order valence-electron chi connectivity index (χ0n) is 13.2. The van der Waals surface area contributed by atoms with Gasteiger partial charge in [0.25, 0.3) is 0 Å². The zero-order valence-corrected chi connectivity index (χ0v) is 14.0. The lowest BCUT2D eigenvalue weighted by Crippen LogP contribution is -2.35. The molecule has 0 saturated carbocycles. The summed E-state index contributed by atoms with van der Waals surface area (Å²) in [6.45, 7) is 9.78. The van der Waals surface area contributed by atoms with Gasteiger partial charge in [-0.15, -0.1) is 11.3 Å². The van der Waals surface area contributed by atoms with Gasteiger partial charge in [0.2, 0.25) is 0 Å². The Hall–Kier alpha value is -1.14. The highest BCUT2D eigenvalue weighted by Gasteiger charge is 2.30. The largest absolute Gasteiger partial charge is 0.444 e. The van der Waals surface area contributed by atoms with Crippen LogP contribution in [0.1, 0.15) is 45.2 Å². The van der Waals surface area contributed by atoms with Crippen LogP contribution in [-0.2, 0) is 9.47 Å². The Balaban J connectivity index is 1.74. The first kappa shape index (κ1) is 16.2. The minimum atomic E-state index is -0.439. The molecule has 2 heterocycles. The van der Waals surface area contributed by atoms with Gasteiger partial charge in [-0.1, -0.05) is 0 Å². The molecule has 0 aromatic carbocycles. The van der Waals surface area contributed by atoms with Gasteiger partial charge in [0.15, 0.2) is 0 Å². The van der Waals surface area contributed by atoms with E-state index in [0.29, 0.717) is 19.1 Å². The highest BCUT2D eigenvalue weighted by molar-refractivity contribution is 7.09. The van der Waals surface area contributed by atoms with Crippen LogP contribution in [-0.4, -0.2) is 41.3 Å². The summed E-state index contributed by atoms with van der Waals surface area (Å²) in [5, 5.41) is 2.95. The first-order chi connectivity index (χ1) is 9.85. The molecule has 21 heavy (non-hydrogen) atoms. The second-order valence-corrected chi connectivity index (χ2v) is 7.35. The van der Waals surface area contributed by atoms with Crippen molar-refractivity contribution < 1.29 is 14.3 Å². The molecule has 1 aliphatic heterocycles. The van der Waals surface area contributed by atoms with Crippen molar-refractivity contribution in [2.45, 2.75) is 45.8 Å². The molecule has 2 rings (SSSR count). The number of ether oxygens (including phenoxy) is 2. The average molecular weight is 312 g/mol. The van der Waals surface area contributed by atoms with Crippen molar-refractivity contribution in [3.63, 3.8) is 0 Å². The van der Waals surface area contributed by atoms with Gasteiger partial charge in [0.1, 0.15) is 16.7 Å². The van der Waals surface area contributed by atoms with Crippen molar-refractivity contribution in [3.8, 4) is 0 Å². The molecule has 1 aromatic heterocycles. The second kappa shape index (κ2) is 6.75. The molecule has 0 N–H and O–H groups in total. The molecule has 0 spiro atoms. The third-order valence-electron chi connectivity index (χ3n) is 3.32. The van der Waals surface area contributed by atoms with Gasteiger partial charge >= 0.3 is 6.09 Å². The van der Waals surface area contributed by atoms with E-state index in [1.54, 1.807) is 22.4 Å². The van der Waals surface area contributed by atoms with Crippen molar-refractivity contribution in [3.05, 3.63) is 16.6 Å². The summed E-state index contributed by atoms with van der Waals surface area (Å²) in [5.41, 5.74) is -0.439. The van der Waals surface area contributed by atoms with Gasteiger partial charge in [0, 0.05) is 30.6 Å². The van der Waals surface area contributed by atoms with Crippen LogP contribution in [0.2, 0.25) is 0 Å². The highest BCUT2D eigenvalue weighted by atomic mass is 32.1. The second-order valence-electron chi connectivity index (χ2n) is 6.43. The molecule has 0 aliphatic carbocycles. The Morgan fingerprint density at radius 3 is 2.95 bits per heavy atom. The van der Waals surface area contributed by atoms with Gasteiger partial charge in [-0.2, -0.15) is 0 Å². The summed E-state index contributed by atoms with van der Waals surface area (Å²) in [7, 11) is 0. The normalized spacial score (nSPS) is 20.6. The minimum absolute atomic E-state index is 0.0144. The van der Waals surface area contributed by atoms with E-state index in [9.17, 15) is 4.79 Å². The lowest BCUT2D eigenvalue weighted by molar-refractivity contribution is 0.0234. The number of thiazole rings is 1. The van der Waals surface area contributed by atoms with Gasteiger partial charge in [-0.25, -0.2) is 9.78 Å². The molecule has 2 atom stereocenters. The fourth-order valence-electron chi connectivity index (χ4n) is 2.25. The van der Waals surface area contributed by atoms with Crippen molar-refractivity contribution in [1.29, 1.82) is 0 Å². The fourth-order valence-corrected chi connectivity index (χ4v) is 2.89. The Morgan fingerprint density at radius 2 is 2.33 bits per heavy atom. The number of aromatic nitrogens is 1. The highest BCUT2D eigenvalue weighted by Crippen LogP contribution is 2.24. The van der Waals surface area contributed by atoms with Gasteiger partial charge in [-0.05, 0) is 34.1 Å². The van der Waals surface area contributed by atoms with E-state index in [1.165, 1.54) is 0 Å². The number of rotatable bonds is 4. The number of amides is 1. The van der Waals surface area contributed by atoms with E-state index in [4.69, 9.17) is 9.47 Å². The zero-order chi connectivity index (χ0) is 15.5. The van der Waals surface area contributed by atoms with Crippen LogP contribution < -0.4 is 0 Å². The summed E-state index contributed by atoms with van der Waals surface area (Å²) in [6, 6.07) is 0. The average Bonchev–Trinajstić information content (AvgIpc) is 3.05. The van der Waals surface area contributed by atoms with Crippen molar-refractivity contribution in [2.24, 2.45) is 5.92 Å². The molecule has 1 saturated heterocycles. The Labute approximate surface area is 130 Å². The van der Waals surface area contributed by atoms with Crippen molar-refractivity contribution in [1.82, 2.24) is 9.88 Å². The molecule has 1 fully saturated rings. The molecule has 118 valence electrons. The molecule has 1 aliphatic rings. The Kier molecular flexibility index (Phi) is 5.22. The van der Waals surface area contributed by atoms with Crippen LogP contribution in [0.15, 0.2) is 11.6 Å². The number of hydrogen-bond donors (Lipinski definition) is 0. The van der Waals surface area contributed by atoms with Crippen molar-refractivity contribution in [2.75, 3.05) is 19.7 Å². The summed E-state index contributed by atoms with van der Waals surface area (Å²) in [4.78, 5) is 18.0. The van der Waals surface area contributed by atoms with Crippen LogP contribution >= 0.6 is 11.3 Å². The van der Waals surface area contributed by atoms with Crippen LogP contribution in [0.5, 0.6) is 0 Å². The van der Waals surface area contributed by atoms with E-state index in [-0.39, 0.29) is 12.2 Å². The number of carbonyl (C=O) groups is 1. The maximum Gasteiger partial charge on any atom is 0.410 e. The summed E-state index contributed by atoms with van der Waals surface area (Å²) in [5.74, 6) is 0.375. The SMILES string of the molecule is C[C@H](OC[C@@H]1CCN(C(=O)OC(C)(C)C)C1)c1nccs1. The molecule has 1 amide bonds. The predicted molar refractivity (Wildman–Crippen MR) is 82.4 cm³/mol. The molecule has 0 unspecified atom stereocenters. The molecule has 6 heteroatoms. The summed E-state index contributed by atoms with van der Waals surface area (Å²) < 4.78 is 11.3. The summed E-state index contributed by atoms with van der Waals surface area (Å²) in [6.07, 6.45) is 2.54. The van der Waals surface area contributed by atoms with E-state index >= 15 is 0 Å². The number of hydrogen-bond acceptors (Lipinski definition) is 5. The van der Waals surface area contributed by atoms with Crippen LogP contribution in [0.25, 0.3) is 0 Å². The van der Waals surface area contributed by atoms with Gasteiger partial charge in [-0.3, -0.25) is 0 Å². The Morgan fingerprint density at radius 1 is 1.57 bits per heavy atom. The predicted octanol–water partition coefficient (Wildman–Crippen LogP) is 3.48. The van der Waals surface area contributed by atoms with E-state index in [0.717, 1.165) is 18.0 Å². The number of carbonyl (C=O) groups excluding carboxylic acids is 1. The van der Waals surface area contributed by atoms with Crippen LogP contribution in [0, 0.1) is 5.92 Å². The lowest BCUT2D eigenvalue weighted by Gasteiger charge is -2.24. The van der Waals surface area contributed by atoms with Crippen LogP contribution in [0.3, 0.4) is 0 Å². The maximum absolute atomic E-state index is 12.0. The van der Waals surface area contributed by atoms with E-state index < -0.39 is 5.60 Å². The topological polar surface area (TPSA) is 51.7 Å². The number of nitrogens with zero attached hydrogens (tertiary/aromatic N) is 2. The van der Waals surface area contributed by atoms with Crippen molar-refractivity contribution >= 4 is 17.4 Å². The standard InChI is InChI=1S/C15H24N2O3S/c1-11(13-16-6-8-21-13)19-10-12-5-7-17(9-12)14(18)20-15(2,3)4/h6,8,11-12H,5,7,9-10H2,1-4H3/t11-,12+/m0/s1. The van der Waals surface area contributed by atoms with Gasteiger partial charge < -0.3 is 14.4 Å². The molecular formula is C15H24N2O3S. The first-order valence-electron chi connectivity index (χ1n) is 7.34. The summed E-state index contributed by atoms with van der Waals surface area (Å²) >= 11 is 1.60. The molecule has 0 bridgehead atoms. The molecule has 1 aromatic rings. The van der Waals surface area contributed by atoms with E-state index in [1.807, 2.05) is 33.1 Å². The third kappa shape index (κ3) is 4.97. The van der Waals surface area contributed by atoms with E-state index in [2.05, 4.69) is 4.98 Å². The quantitative estimate of drug-likeness (QED) is 0.854. The fraction of sp³-hybridized carbons (Fsp3) is 0.733. The smallest absolute Gasteiger partial charge is 0.410 e. The number of likely N-dealkylation sites (tertiary alicyclic amines) is 1. The van der Waals surface area contributed by atoms with Gasteiger partial charge in [0.05, 0.1) is 6.61 Å². The minimum Gasteiger partial charge on any atom is -0.444 e. The first-order valence-corrected chi connectivity index (χ1v) is 8.22. The lowest BCUT2D eigenvalue weighted by atomic mass is 10.1.